The Labute approximate surface area is 162 Å². The van der Waals surface area contributed by atoms with Crippen LogP contribution in [0, 0.1) is 10.1 Å². The predicted molar refractivity (Wildman–Crippen MR) is 99.1 cm³/mol. The number of ether oxygens (including phenoxy) is 1. The van der Waals surface area contributed by atoms with Crippen LogP contribution in [0.3, 0.4) is 0 Å². The number of nitro groups is 1. The first-order valence-electron chi connectivity index (χ1n) is 7.39. The van der Waals surface area contributed by atoms with Crippen LogP contribution in [0.1, 0.15) is 28.4 Å². The lowest BCUT2D eigenvalue weighted by Crippen LogP contribution is -2.31. The second kappa shape index (κ2) is 8.77. The summed E-state index contributed by atoms with van der Waals surface area (Å²) in [6.45, 7) is 0. The van der Waals surface area contributed by atoms with Gasteiger partial charge in [0, 0.05) is 15.6 Å². The highest BCUT2D eigenvalue weighted by Gasteiger charge is 2.25. The van der Waals surface area contributed by atoms with Crippen LogP contribution in [0.25, 0.3) is 0 Å². The van der Waals surface area contributed by atoms with Gasteiger partial charge in [-0.1, -0.05) is 39.7 Å². The number of carbonyl (C=O) groups excluding carboxylic acids is 2. The molecular weight excluding hydrogens is 428 g/mol. The molecule has 0 fully saturated rings. The van der Waals surface area contributed by atoms with Crippen molar-refractivity contribution in [3.8, 4) is 0 Å². The number of hydrogen-bond donors (Lipinski definition) is 1. The van der Waals surface area contributed by atoms with Gasteiger partial charge < -0.3 is 10.1 Å². The first-order chi connectivity index (χ1) is 12.3. The summed E-state index contributed by atoms with van der Waals surface area (Å²) in [6.07, 6.45) is -0.120. The minimum Gasteiger partial charge on any atom is -0.469 e. The van der Waals surface area contributed by atoms with Crippen molar-refractivity contribution in [3.63, 3.8) is 0 Å². The summed E-state index contributed by atoms with van der Waals surface area (Å²) >= 11 is 9.08. The van der Waals surface area contributed by atoms with E-state index in [2.05, 4.69) is 26.0 Å². The average molecular weight is 442 g/mol. The number of benzene rings is 2. The van der Waals surface area contributed by atoms with Crippen LogP contribution < -0.4 is 5.32 Å². The smallest absolute Gasteiger partial charge is 0.307 e. The molecule has 0 spiro atoms. The monoisotopic (exact) mass is 440 g/mol. The summed E-state index contributed by atoms with van der Waals surface area (Å²) in [5.41, 5.74) is 0.0950. The predicted octanol–water partition coefficient (Wildman–Crippen LogP) is 4.04. The summed E-state index contributed by atoms with van der Waals surface area (Å²) in [6, 6.07) is 10.0. The van der Waals surface area contributed by atoms with E-state index in [1.807, 2.05) is 0 Å². The molecule has 0 bridgehead atoms. The minimum atomic E-state index is -0.710. The number of amides is 1. The summed E-state index contributed by atoms with van der Waals surface area (Å²) in [5, 5.41) is 14.0. The number of nitrogens with one attached hydrogen (secondary N) is 1. The van der Waals surface area contributed by atoms with Crippen molar-refractivity contribution in [1.29, 1.82) is 0 Å². The van der Waals surface area contributed by atoms with Gasteiger partial charge in [-0.3, -0.25) is 19.7 Å². The fraction of sp³-hybridized carbons (Fsp3) is 0.176. The largest absolute Gasteiger partial charge is 0.469 e. The van der Waals surface area contributed by atoms with Crippen molar-refractivity contribution < 1.29 is 19.2 Å². The lowest BCUT2D eigenvalue weighted by atomic mass is 10.0. The molecule has 2 aromatic carbocycles. The molecule has 136 valence electrons. The SMILES string of the molecule is COC(=O)CC(NC(=O)c1ccc(Cl)cc1[N+](=O)[O-])c1ccc(Br)cc1. The van der Waals surface area contributed by atoms with Crippen molar-refractivity contribution in [2.24, 2.45) is 0 Å². The van der Waals surface area contributed by atoms with E-state index in [9.17, 15) is 19.7 Å². The molecule has 0 radical (unpaired) electrons. The summed E-state index contributed by atoms with van der Waals surface area (Å²) in [4.78, 5) is 34.8. The Bertz CT molecular complexity index is 842. The van der Waals surface area contributed by atoms with E-state index in [-0.39, 0.29) is 17.0 Å². The number of halogens is 2. The van der Waals surface area contributed by atoms with Gasteiger partial charge in [-0.2, -0.15) is 0 Å². The van der Waals surface area contributed by atoms with E-state index in [0.29, 0.717) is 5.56 Å². The highest BCUT2D eigenvalue weighted by atomic mass is 79.9. The Hall–Kier alpha value is -2.45. The van der Waals surface area contributed by atoms with Crippen LogP contribution in [-0.4, -0.2) is 23.9 Å². The van der Waals surface area contributed by atoms with Crippen LogP contribution >= 0.6 is 27.5 Å². The Kier molecular flexibility index (Phi) is 6.70. The van der Waals surface area contributed by atoms with Crippen LogP contribution in [0.2, 0.25) is 5.02 Å². The minimum absolute atomic E-state index is 0.120. The van der Waals surface area contributed by atoms with Gasteiger partial charge in [0.05, 0.1) is 24.5 Å². The number of carbonyl (C=O) groups is 2. The first-order valence-corrected chi connectivity index (χ1v) is 8.56. The average Bonchev–Trinajstić information content (AvgIpc) is 2.61. The van der Waals surface area contributed by atoms with Crippen molar-refractivity contribution in [2.75, 3.05) is 7.11 Å². The fourth-order valence-electron chi connectivity index (χ4n) is 2.28. The van der Waals surface area contributed by atoms with Gasteiger partial charge in [0.15, 0.2) is 0 Å². The number of nitro benzene ring substituents is 1. The molecule has 7 nitrogen and oxygen atoms in total. The number of nitrogens with zero attached hydrogens (tertiary/aromatic N) is 1. The molecule has 1 amide bonds. The van der Waals surface area contributed by atoms with Gasteiger partial charge in [-0.05, 0) is 29.8 Å². The third kappa shape index (κ3) is 5.03. The molecular formula is C17H14BrClN2O5. The maximum absolute atomic E-state index is 12.6. The Morgan fingerprint density at radius 3 is 2.50 bits per heavy atom. The van der Waals surface area contributed by atoms with Crippen LogP contribution in [0.15, 0.2) is 46.9 Å². The van der Waals surface area contributed by atoms with Gasteiger partial charge in [0.2, 0.25) is 0 Å². The zero-order valence-corrected chi connectivity index (χ0v) is 15.9. The molecule has 0 aromatic heterocycles. The van der Waals surface area contributed by atoms with Gasteiger partial charge in [0.25, 0.3) is 11.6 Å². The van der Waals surface area contributed by atoms with Gasteiger partial charge in [-0.25, -0.2) is 0 Å². The second-order valence-electron chi connectivity index (χ2n) is 5.28. The Balaban J connectivity index is 2.33. The zero-order valence-electron chi connectivity index (χ0n) is 13.6. The Morgan fingerprint density at radius 1 is 1.27 bits per heavy atom. The molecule has 0 saturated heterocycles. The van der Waals surface area contributed by atoms with E-state index in [0.717, 1.165) is 10.5 Å². The molecule has 0 aliphatic rings. The van der Waals surface area contributed by atoms with Crippen molar-refractivity contribution in [2.45, 2.75) is 12.5 Å². The van der Waals surface area contributed by atoms with Crippen LogP contribution in [0.4, 0.5) is 5.69 Å². The maximum Gasteiger partial charge on any atom is 0.307 e. The number of methoxy groups -OCH3 is 1. The lowest BCUT2D eigenvalue weighted by molar-refractivity contribution is -0.385. The first kappa shape index (κ1) is 19.9. The second-order valence-corrected chi connectivity index (χ2v) is 6.63. The van der Waals surface area contributed by atoms with Gasteiger partial charge >= 0.3 is 5.97 Å². The number of rotatable bonds is 6. The molecule has 26 heavy (non-hydrogen) atoms. The van der Waals surface area contributed by atoms with E-state index in [1.165, 1.54) is 19.2 Å². The summed E-state index contributed by atoms with van der Waals surface area (Å²) in [7, 11) is 1.24. The van der Waals surface area contributed by atoms with E-state index >= 15 is 0 Å². The van der Waals surface area contributed by atoms with Crippen molar-refractivity contribution in [1.82, 2.24) is 5.32 Å². The fourth-order valence-corrected chi connectivity index (χ4v) is 2.71. The molecule has 9 heteroatoms. The highest BCUT2D eigenvalue weighted by Crippen LogP contribution is 2.25. The van der Waals surface area contributed by atoms with E-state index in [4.69, 9.17) is 11.6 Å². The molecule has 1 atom stereocenters. The van der Waals surface area contributed by atoms with Crippen molar-refractivity contribution >= 4 is 45.1 Å². The standard InChI is InChI=1S/C17H14BrClN2O5/c1-26-16(22)9-14(10-2-4-11(18)5-3-10)20-17(23)13-7-6-12(19)8-15(13)21(24)25/h2-8,14H,9H2,1H3,(H,20,23). The molecule has 0 saturated carbocycles. The highest BCUT2D eigenvalue weighted by molar-refractivity contribution is 9.10. The molecule has 1 N–H and O–H groups in total. The zero-order chi connectivity index (χ0) is 19.3. The molecule has 2 rings (SSSR count). The van der Waals surface area contributed by atoms with E-state index < -0.39 is 28.5 Å². The van der Waals surface area contributed by atoms with Crippen LogP contribution in [0.5, 0.6) is 0 Å². The number of esters is 1. The topological polar surface area (TPSA) is 98.5 Å². The molecule has 0 heterocycles. The van der Waals surface area contributed by atoms with Crippen molar-refractivity contribution in [3.05, 3.63) is 73.2 Å². The normalized spacial score (nSPS) is 11.5. The molecule has 2 aromatic rings. The lowest BCUT2D eigenvalue weighted by Gasteiger charge is -2.18. The van der Waals surface area contributed by atoms with Gasteiger partial charge in [-0.15, -0.1) is 0 Å². The molecule has 0 aliphatic heterocycles. The quantitative estimate of drug-likeness (QED) is 0.414. The van der Waals surface area contributed by atoms with E-state index in [1.54, 1.807) is 24.3 Å². The third-order valence-corrected chi connectivity index (χ3v) is 4.34. The molecule has 0 aliphatic carbocycles. The maximum atomic E-state index is 12.6. The molecule has 1 unspecified atom stereocenters. The van der Waals surface area contributed by atoms with Crippen LogP contribution in [-0.2, 0) is 9.53 Å². The van der Waals surface area contributed by atoms with Gasteiger partial charge in [0.1, 0.15) is 5.56 Å². The third-order valence-electron chi connectivity index (χ3n) is 3.58. The number of hydrogen-bond acceptors (Lipinski definition) is 5. The summed E-state index contributed by atoms with van der Waals surface area (Å²) < 4.78 is 5.50. The Morgan fingerprint density at radius 2 is 1.92 bits per heavy atom. The summed E-state index contributed by atoms with van der Waals surface area (Å²) in [5.74, 6) is -1.21.